The van der Waals surface area contributed by atoms with E-state index in [2.05, 4.69) is 0 Å². The Hall–Kier alpha value is -1.60. The van der Waals surface area contributed by atoms with Gasteiger partial charge in [0.05, 0.1) is 40.2 Å². The van der Waals surface area contributed by atoms with Crippen LogP contribution in [0, 0.1) is 0 Å². The Morgan fingerprint density at radius 3 is 0.667 bits per heavy atom. The third-order valence-electron chi connectivity index (χ3n) is 6.24. The van der Waals surface area contributed by atoms with Gasteiger partial charge in [0, 0.05) is 11.8 Å². The first-order chi connectivity index (χ1) is 18.3. The maximum Gasteiger partial charge on any atom is 0.152 e. The molecule has 4 N–H and O–H groups in total. The molecule has 0 aliphatic carbocycles. The SMILES string of the molecule is Oc1c(Cl)cc(C(CC(c2cc(Cl)c(O)c(Cl)c2)c2cc(Cl)c(O)c(Cl)c2)c2cc(Cl)c(O)c(Cl)c2)cc1Cl. The summed E-state index contributed by atoms with van der Waals surface area (Å²) in [6, 6.07) is 12.4. The van der Waals surface area contributed by atoms with Crippen LogP contribution in [0.2, 0.25) is 40.2 Å². The van der Waals surface area contributed by atoms with Gasteiger partial charge in [-0.15, -0.1) is 0 Å². The van der Waals surface area contributed by atoms with Crippen LogP contribution in [0.25, 0.3) is 0 Å². The summed E-state index contributed by atoms with van der Waals surface area (Å²) >= 11 is 50.2. The van der Waals surface area contributed by atoms with Crippen LogP contribution in [-0.4, -0.2) is 20.4 Å². The maximum atomic E-state index is 10.2. The Morgan fingerprint density at radius 2 is 0.513 bits per heavy atom. The average Bonchev–Trinajstić information content (AvgIpc) is 2.87. The van der Waals surface area contributed by atoms with E-state index in [4.69, 9.17) is 92.8 Å². The van der Waals surface area contributed by atoms with Crippen molar-refractivity contribution in [1.82, 2.24) is 0 Å². The van der Waals surface area contributed by atoms with E-state index in [1.165, 1.54) is 0 Å². The fourth-order valence-electron chi connectivity index (χ4n) is 4.31. The van der Waals surface area contributed by atoms with E-state index >= 15 is 0 Å². The summed E-state index contributed by atoms with van der Waals surface area (Å²) in [7, 11) is 0. The fraction of sp³-hybridized carbons (Fsp3) is 0.111. The molecule has 0 saturated heterocycles. The average molecular weight is 688 g/mol. The maximum absolute atomic E-state index is 10.2. The second kappa shape index (κ2) is 12.1. The van der Waals surface area contributed by atoms with Crippen LogP contribution < -0.4 is 0 Å². The molecule has 0 saturated carbocycles. The van der Waals surface area contributed by atoms with Crippen LogP contribution in [-0.2, 0) is 0 Å². The topological polar surface area (TPSA) is 80.9 Å². The van der Waals surface area contributed by atoms with E-state index in [0.717, 1.165) is 0 Å². The quantitative estimate of drug-likeness (QED) is 0.163. The van der Waals surface area contributed by atoms with Gasteiger partial charge in [0.25, 0.3) is 0 Å². The Bertz CT molecular complexity index is 1270. The lowest BCUT2D eigenvalue weighted by molar-refractivity contribution is 0.475. The first-order valence-electron chi connectivity index (χ1n) is 11.0. The minimum Gasteiger partial charge on any atom is -0.505 e. The molecule has 4 aromatic rings. The molecule has 0 heterocycles. The van der Waals surface area contributed by atoms with Crippen molar-refractivity contribution in [3.63, 3.8) is 0 Å². The number of phenols is 4. The number of rotatable bonds is 6. The van der Waals surface area contributed by atoms with Crippen molar-refractivity contribution in [3.05, 3.63) is 111 Å². The van der Waals surface area contributed by atoms with Gasteiger partial charge in [0.2, 0.25) is 0 Å². The van der Waals surface area contributed by atoms with Gasteiger partial charge in [0.1, 0.15) is 0 Å². The van der Waals surface area contributed by atoms with Gasteiger partial charge < -0.3 is 20.4 Å². The molecular formula is C27H16Cl8O4. The molecule has 0 aliphatic rings. The van der Waals surface area contributed by atoms with Crippen LogP contribution in [0.3, 0.4) is 0 Å². The summed E-state index contributed by atoms with van der Waals surface area (Å²) in [6.07, 6.45) is 0.240. The molecule has 4 rings (SSSR count). The van der Waals surface area contributed by atoms with Crippen molar-refractivity contribution in [2.45, 2.75) is 18.3 Å². The Morgan fingerprint density at radius 1 is 0.359 bits per heavy atom. The summed E-state index contributed by atoms with van der Waals surface area (Å²) in [5, 5.41) is 40.8. The molecule has 0 amide bonds. The van der Waals surface area contributed by atoms with E-state index < -0.39 is 11.8 Å². The van der Waals surface area contributed by atoms with Crippen molar-refractivity contribution in [2.75, 3.05) is 0 Å². The number of aromatic hydroxyl groups is 4. The highest BCUT2D eigenvalue weighted by molar-refractivity contribution is 6.39. The molecule has 0 fully saturated rings. The summed E-state index contributed by atoms with van der Waals surface area (Å²) in [6.45, 7) is 0. The minimum absolute atomic E-state index is 0.0152. The molecule has 12 heteroatoms. The highest BCUT2D eigenvalue weighted by atomic mass is 35.5. The van der Waals surface area contributed by atoms with Gasteiger partial charge in [0.15, 0.2) is 23.0 Å². The molecule has 0 unspecified atom stereocenters. The lowest BCUT2D eigenvalue weighted by Gasteiger charge is -2.27. The van der Waals surface area contributed by atoms with Crippen molar-refractivity contribution in [3.8, 4) is 23.0 Å². The van der Waals surface area contributed by atoms with E-state index in [9.17, 15) is 20.4 Å². The summed E-state index contributed by atoms with van der Waals surface area (Å²) in [5.41, 5.74) is 2.32. The zero-order valence-corrected chi connectivity index (χ0v) is 25.3. The van der Waals surface area contributed by atoms with Crippen molar-refractivity contribution < 1.29 is 20.4 Å². The molecule has 39 heavy (non-hydrogen) atoms. The van der Waals surface area contributed by atoms with E-state index in [1.54, 1.807) is 48.5 Å². The zero-order valence-electron chi connectivity index (χ0n) is 19.3. The molecule has 0 bridgehead atoms. The number of benzene rings is 4. The highest BCUT2D eigenvalue weighted by Gasteiger charge is 2.28. The molecule has 0 spiro atoms. The zero-order chi connectivity index (χ0) is 28.8. The van der Waals surface area contributed by atoms with Crippen LogP contribution in [0.1, 0.15) is 40.5 Å². The van der Waals surface area contributed by atoms with E-state index in [0.29, 0.717) is 22.3 Å². The Kier molecular flexibility index (Phi) is 9.42. The monoisotopic (exact) mass is 684 g/mol. The molecule has 4 nitrogen and oxygen atoms in total. The van der Waals surface area contributed by atoms with Crippen LogP contribution in [0.5, 0.6) is 23.0 Å². The van der Waals surface area contributed by atoms with Crippen molar-refractivity contribution >= 4 is 92.8 Å². The molecular weight excluding hydrogens is 672 g/mol. The fourth-order valence-corrected chi connectivity index (χ4v) is 6.33. The number of phenolic OH excluding ortho intramolecular Hbond substituents is 4. The molecule has 0 aliphatic heterocycles. The lowest BCUT2D eigenvalue weighted by atomic mass is 9.78. The largest absolute Gasteiger partial charge is 0.505 e. The first kappa shape index (κ1) is 30.4. The second-order valence-corrected chi connectivity index (χ2v) is 11.9. The molecule has 0 aromatic heterocycles. The van der Waals surface area contributed by atoms with Crippen molar-refractivity contribution in [2.24, 2.45) is 0 Å². The predicted octanol–water partition coefficient (Wildman–Crippen LogP) is 11.1. The molecule has 204 valence electrons. The third kappa shape index (κ3) is 6.34. The van der Waals surface area contributed by atoms with Gasteiger partial charge in [-0.05, 0) is 77.2 Å². The lowest BCUT2D eigenvalue weighted by Crippen LogP contribution is -2.11. The summed E-state index contributed by atoms with van der Waals surface area (Å²) < 4.78 is 0. The van der Waals surface area contributed by atoms with Gasteiger partial charge in [-0.1, -0.05) is 92.8 Å². The van der Waals surface area contributed by atoms with Crippen LogP contribution in [0.15, 0.2) is 48.5 Å². The summed E-state index contributed by atoms with van der Waals surface area (Å²) in [5.74, 6) is -2.25. The van der Waals surface area contributed by atoms with Crippen molar-refractivity contribution in [1.29, 1.82) is 0 Å². The van der Waals surface area contributed by atoms with Gasteiger partial charge in [-0.3, -0.25) is 0 Å². The van der Waals surface area contributed by atoms with Crippen LogP contribution >= 0.6 is 92.8 Å². The van der Waals surface area contributed by atoms with Crippen LogP contribution in [0.4, 0.5) is 0 Å². The standard InChI is InChI=1S/C27H16Cl8O4/c28-16-1-10(2-17(29)24(16)36)14(11-3-18(30)25(37)19(31)4-11)9-15(12-5-20(32)26(38)21(33)6-12)13-7-22(34)27(39)23(35)8-13/h1-8,14-15,36-39H,9H2. The number of hydrogen-bond donors (Lipinski definition) is 4. The first-order valence-corrected chi connectivity index (χ1v) is 14.0. The normalized spacial score (nSPS) is 11.5. The molecule has 0 atom stereocenters. The summed E-state index contributed by atoms with van der Waals surface area (Å²) in [4.78, 5) is 0. The minimum atomic E-state index is -0.557. The Labute approximate surface area is 263 Å². The van der Waals surface area contributed by atoms with Gasteiger partial charge >= 0.3 is 0 Å². The predicted molar refractivity (Wildman–Crippen MR) is 161 cm³/mol. The van der Waals surface area contributed by atoms with Gasteiger partial charge in [-0.25, -0.2) is 0 Å². The molecule has 4 aromatic carbocycles. The Balaban J connectivity index is 1.98. The van der Waals surface area contributed by atoms with Gasteiger partial charge in [-0.2, -0.15) is 0 Å². The third-order valence-corrected chi connectivity index (χ3v) is 8.54. The molecule has 0 radical (unpaired) electrons. The number of halogens is 8. The van der Waals surface area contributed by atoms with E-state index in [-0.39, 0.29) is 69.6 Å². The second-order valence-electron chi connectivity index (χ2n) is 8.67. The smallest absolute Gasteiger partial charge is 0.152 e. The number of hydrogen-bond acceptors (Lipinski definition) is 4. The van der Waals surface area contributed by atoms with E-state index in [1.807, 2.05) is 0 Å². The highest BCUT2D eigenvalue weighted by Crippen LogP contribution is 2.48.